The standard InChI is InChI=1S/C18H16N4O5/c1-11-7-15(22(25)26)16(27-2)8-14(11)20-17(23)9-21-10-19-13-6-4-3-5-12(13)18(21)24/h3-8,10H,9H2,1-2H3,(H,20,23). The number of carbonyl (C=O) groups excluding carboxylic acids is 1. The van der Waals surface area contributed by atoms with Crippen LogP contribution in [0.5, 0.6) is 5.75 Å². The molecule has 0 aliphatic rings. The largest absolute Gasteiger partial charge is 0.490 e. The molecule has 27 heavy (non-hydrogen) atoms. The molecule has 0 saturated carbocycles. The Bertz CT molecular complexity index is 1110. The van der Waals surface area contributed by atoms with Crippen molar-refractivity contribution in [1.29, 1.82) is 0 Å². The molecular weight excluding hydrogens is 352 g/mol. The molecule has 138 valence electrons. The van der Waals surface area contributed by atoms with Crippen LogP contribution in [0, 0.1) is 17.0 Å². The van der Waals surface area contributed by atoms with Crippen LogP contribution in [0.25, 0.3) is 10.9 Å². The molecule has 0 unspecified atom stereocenters. The first kappa shape index (κ1) is 18.1. The number of hydrogen-bond acceptors (Lipinski definition) is 6. The van der Waals surface area contributed by atoms with E-state index in [-0.39, 0.29) is 23.5 Å². The van der Waals surface area contributed by atoms with Gasteiger partial charge < -0.3 is 10.1 Å². The van der Waals surface area contributed by atoms with Gasteiger partial charge in [0.1, 0.15) is 6.54 Å². The third-order valence-corrected chi connectivity index (χ3v) is 4.04. The number of benzene rings is 2. The number of aromatic nitrogens is 2. The van der Waals surface area contributed by atoms with Crippen molar-refractivity contribution in [3.63, 3.8) is 0 Å². The van der Waals surface area contributed by atoms with Gasteiger partial charge in [-0.25, -0.2) is 4.98 Å². The zero-order valence-electron chi connectivity index (χ0n) is 14.6. The Balaban J connectivity index is 1.85. The predicted molar refractivity (Wildman–Crippen MR) is 99.0 cm³/mol. The van der Waals surface area contributed by atoms with Crippen LogP contribution in [-0.4, -0.2) is 27.5 Å². The number of para-hydroxylation sites is 1. The summed E-state index contributed by atoms with van der Waals surface area (Å²) in [5.74, 6) is -0.432. The Kier molecular flexibility index (Phi) is 4.84. The molecule has 3 rings (SSSR count). The molecule has 0 atom stereocenters. The summed E-state index contributed by atoms with van der Waals surface area (Å²) in [6.45, 7) is 1.39. The van der Waals surface area contributed by atoms with Crippen molar-refractivity contribution in [3.05, 3.63) is 68.8 Å². The van der Waals surface area contributed by atoms with E-state index in [1.165, 1.54) is 30.1 Å². The Morgan fingerprint density at radius 2 is 2.07 bits per heavy atom. The van der Waals surface area contributed by atoms with Crippen LogP contribution in [0.2, 0.25) is 0 Å². The number of nitro benzene ring substituents is 1. The molecule has 1 N–H and O–H groups in total. The first-order valence-electron chi connectivity index (χ1n) is 7.97. The number of ether oxygens (including phenoxy) is 1. The van der Waals surface area contributed by atoms with Crippen LogP contribution in [0.15, 0.2) is 47.5 Å². The van der Waals surface area contributed by atoms with Crippen molar-refractivity contribution in [3.8, 4) is 5.75 Å². The van der Waals surface area contributed by atoms with Crippen LogP contribution < -0.4 is 15.6 Å². The number of hydrogen-bond donors (Lipinski definition) is 1. The summed E-state index contributed by atoms with van der Waals surface area (Å²) in [5.41, 5.74) is 0.899. The average molecular weight is 368 g/mol. The molecule has 2 aromatic carbocycles. The number of nitrogens with one attached hydrogen (secondary N) is 1. The van der Waals surface area contributed by atoms with E-state index in [1.54, 1.807) is 31.2 Å². The van der Waals surface area contributed by atoms with E-state index in [9.17, 15) is 19.7 Å². The third kappa shape index (κ3) is 3.61. The topological polar surface area (TPSA) is 116 Å². The van der Waals surface area contributed by atoms with Gasteiger partial charge >= 0.3 is 5.69 Å². The fourth-order valence-corrected chi connectivity index (χ4v) is 2.68. The molecule has 0 spiro atoms. The van der Waals surface area contributed by atoms with Gasteiger partial charge in [0.25, 0.3) is 5.56 Å². The number of nitro groups is 1. The highest BCUT2D eigenvalue weighted by Crippen LogP contribution is 2.32. The van der Waals surface area contributed by atoms with Gasteiger partial charge in [0.05, 0.1) is 29.3 Å². The van der Waals surface area contributed by atoms with Crippen molar-refractivity contribution >= 4 is 28.2 Å². The van der Waals surface area contributed by atoms with Crippen LogP contribution in [0.4, 0.5) is 11.4 Å². The fraction of sp³-hybridized carbons (Fsp3) is 0.167. The lowest BCUT2D eigenvalue weighted by Crippen LogP contribution is -2.28. The first-order chi connectivity index (χ1) is 12.9. The van der Waals surface area contributed by atoms with Crippen LogP contribution in [0.3, 0.4) is 0 Å². The summed E-state index contributed by atoms with van der Waals surface area (Å²) in [6, 6.07) is 9.56. The summed E-state index contributed by atoms with van der Waals surface area (Å²) in [6.07, 6.45) is 1.31. The number of anilines is 1. The number of carbonyl (C=O) groups is 1. The minimum absolute atomic E-state index is 0.0328. The maximum absolute atomic E-state index is 12.5. The monoisotopic (exact) mass is 368 g/mol. The predicted octanol–water partition coefficient (Wildman–Crippen LogP) is 2.26. The van der Waals surface area contributed by atoms with Crippen molar-refractivity contribution in [1.82, 2.24) is 9.55 Å². The lowest BCUT2D eigenvalue weighted by Gasteiger charge is -2.12. The summed E-state index contributed by atoms with van der Waals surface area (Å²) in [4.78, 5) is 39.5. The SMILES string of the molecule is COc1cc(NC(=O)Cn2cnc3ccccc3c2=O)c(C)cc1[N+](=O)[O-]. The lowest BCUT2D eigenvalue weighted by atomic mass is 10.1. The van der Waals surface area contributed by atoms with Crippen LogP contribution >= 0.6 is 0 Å². The maximum atomic E-state index is 12.5. The smallest absolute Gasteiger partial charge is 0.311 e. The van der Waals surface area contributed by atoms with Gasteiger partial charge in [-0.1, -0.05) is 12.1 Å². The summed E-state index contributed by atoms with van der Waals surface area (Å²) in [5, 5.41) is 14.1. The third-order valence-electron chi connectivity index (χ3n) is 4.04. The molecule has 0 saturated heterocycles. The second-order valence-electron chi connectivity index (χ2n) is 5.84. The zero-order valence-corrected chi connectivity index (χ0v) is 14.6. The van der Waals surface area contributed by atoms with E-state index < -0.39 is 10.8 Å². The van der Waals surface area contributed by atoms with E-state index in [2.05, 4.69) is 10.3 Å². The Labute approximate surface area is 153 Å². The van der Waals surface area contributed by atoms with Crippen molar-refractivity contribution in [2.45, 2.75) is 13.5 Å². The molecule has 0 aliphatic carbocycles. The molecule has 1 aromatic heterocycles. The maximum Gasteiger partial charge on any atom is 0.311 e. The van der Waals surface area contributed by atoms with Crippen molar-refractivity contribution < 1.29 is 14.5 Å². The van der Waals surface area contributed by atoms with Gasteiger partial charge in [-0.3, -0.25) is 24.3 Å². The van der Waals surface area contributed by atoms with E-state index >= 15 is 0 Å². The number of fused-ring (bicyclic) bond motifs is 1. The van der Waals surface area contributed by atoms with E-state index in [0.29, 0.717) is 22.2 Å². The number of methoxy groups -OCH3 is 1. The van der Waals surface area contributed by atoms with E-state index in [4.69, 9.17) is 4.74 Å². The van der Waals surface area contributed by atoms with E-state index in [0.717, 1.165) is 0 Å². The molecule has 9 nitrogen and oxygen atoms in total. The molecule has 9 heteroatoms. The highest BCUT2D eigenvalue weighted by molar-refractivity contribution is 5.92. The molecule has 1 amide bonds. The number of amides is 1. The zero-order chi connectivity index (χ0) is 19.6. The van der Waals surface area contributed by atoms with Gasteiger partial charge in [0, 0.05) is 17.8 Å². The molecule has 3 aromatic rings. The minimum atomic E-state index is -0.558. The van der Waals surface area contributed by atoms with Crippen LogP contribution in [0.1, 0.15) is 5.56 Å². The van der Waals surface area contributed by atoms with Crippen LogP contribution in [-0.2, 0) is 11.3 Å². The Morgan fingerprint density at radius 3 is 2.78 bits per heavy atom. The molecular formula is C18H16N4O5. The number of rotatable bonds is 5. The molecule has 0 bridgehead atoms. The average Bonchev–Trinajstić information content (AvgIpc) is 2.65. The fourth-order valence-electron chi connectivity index (χ4n) is 2.68. The number of nitrogens with zero attached hydrogens (tertiary/aromatic N) is 3. The van der Waals surface area contributed by atoms with Gasteiger partial charge in [0.2, 0.25) is 5.91 Å². The number of aryl methyl sites for hydroxylation is 1. The molecule has 0 radical (unpaired) electrons. The second kappa shape index (κ2) is 7.24. The summed E-state index contributed by atoms with van der Waals surface area (Å²) in [7, 11) is 1.31. The Hall–Kier alpha value is -3.75. The summed E-state index contributed by atoms with van der Waals surface area (Å²) < 4.78 is 6.22. The van der Waals surface area contributed by atoms with E-state index in [1.807, 2.05) is 0 Å². The first-order valence-corrected chi connectivity index (χ1v) is 7.97. The van der Waals surface area contributed by atoms with Gasteiger partial charge in [-0.05, 0) is 24.6 Å². The summed E-state index contributed by atoms with van der Waals surface area (Å²) >= 11 is 0. The van der Waals surface area contributed by atoms with Gasteiger partial charge in [-0.15, -0.1) is 0 Å². The van der Waals surface area contributed by atoms with Crippen molar-refractivity contribution in [2.75, 3.05) is 12.4 Å². The van der Waals surface area contributed by atoms with Gasteiger partial charge in [0.15, 0.2) is 5.75 Å². The molecule has 0 aliphatic heterocycles. The lowest BCUT2D eigenvalue weighted by molar-refractivity contribution is -0.385. The normalized spacial score (nSPS) is 10.6. The highest BCUT2D eigenvalue weighted by Gasteiger charge is 2.18. The Morgan fingerprint density at radius 1 is 1.33 bits per heavy atom. The molecule has 0 fully saturated rings. The van der Waals surface area contributed by atoms with Gasteiger partial charge in [-0.2, -0.15) is 0 Å². The highest BCUT2D eigenvalue weighted by atomic mass is 16.6. The quantitative estimate of drug-likeness (QED) is 0.545. The second-order valence-corrected chi connectivity index (χ2v) is 5.84. The molecule has 1 heterocycles. The minimum Gasteiger partial charge on any atom is -0.490 e. The van der Waals surface area contributed by atoms with Crippen molar-refractivity contribution in [2.24, 2.45) is 0 Å².